The summed E-state index contributed by atoms with van der Waals surface area (Å²) in [4.78, 5) is 12.5. The van der Waals surface area contributed by atoms with E-state index in [0.717, 1.165) is 38.1 Å². The molecule has 328 valence electrons. The Morgan fingerprint density at radius 3 is 1.37 bits per heavy atom. The zero-order valence-corrected chi connectivity index (χ0v) is 41.1. The predicted molar refractivity (Wildman–Crippen MR) is 263 cm³/mol. The first-order chi connectivity index (χ1) is 25.3. The van der Waals surface area contributed by atoms with E-state index in [2.05, 4.69) is 209 Å². The lowest BCUT2D eigenvalue weighted by Crippen LogP contribution is -2.10. The Labute approximate surface area is 358 Å². The van der Waals surface area contributed by atoms with Crippen molar-refractivity contribution in [3.63, 3.8) is 0 Å². The van der Waals surface area contributed by atoms with Gasteiger partial charge in [0, 0.05) is 36.9 Å². The van der Waals surface area contributed by atoms with Crippen LogP contribution in [0.3, 0.4) is 0 Å². The summed E-state index contributed by atoms with van der Waals surface area (Å²) in [5.74, 6) is 0.843. The van der Waals surface area contributed by atoms with Gasteiger partial charge in [0.25, 0.3) is 0 Å². The standard InChI is InChI=1S/C11H16.C10H15N.2C9H15N.C8H18.C6H14.CH4/c1-11(2,3)9-10-7-5-4-6-8-10;1-10(2,3)7-9-5-4-6-11-8-9;1-9(2,3)6-8-4-5-10-7-8;1-9(2,3)7-8-5-4-6-10-8;1-7(2)6-8(3,4)5;1-5-6(2,3)4;/h4-8H,9H2,1-3H3;4-6,8H,7H2,1-3H3;4-5H,6-7H2,1-3H3;4,6H,5,7H2,1-3H3;7H,6H2,1-5H3;5H2,1-4H3;1H4. The van der Waals surface area contributed by atoms with Gasteiger partial charge in [-0.15, -0.1) is 0 Å². The highest BCUT2D eigenvalue weighted by atomic mass is 14.7. The van der Waals surface area contributed by atoms with Gasteiger partial charge in [0.2, 0.25) is 0 Å². The van der Waals surface area contributed by atoms with Crippen molar-refractivity contribution in [3.8, 4) is 0 Å². The molecule has 0 atom stereocenters. The zero-order valence-electron chi connectivity index (χ0n) is 41.1. The third-order valence-corrected chi connectivity index (χ3v) is 8.03. The van der Waals surface area contributed by atoms with Crippen molar-refractivity contribution >= 4 is 11.9 Å². The molecule has 1 aromatic carbocycles. The molecule has 0 radical (unpaired) electrons. The Morgan fingerprint density at radius 1 is 0.579 bits per heavy atom. The fraction of sp³-hybridized carbons (Fsp3) is 0.685. The average molecular weight is 788 g/mol. The van der Waals surface area contributed by atoms with Gasteiger partial charge in [-0.05, 0) is 99.4 Å². The summed E-state index contributed by atoms with van der Waals surface area (Å²) in [5, 5.41) is 0. The molecule has 3 nitrogen and oxygen atoms in total. The van der Waals surface area contributed by atoms with Crippen molar-refractivity contribution < 1.29 is 0 Å². The number of rotatable bonds is 5. The van der Waals surface area contributed by atoms with E-state index in [9.17, 15) is 0 Å². The van der Waals surface area contributed by atoms with E-state index in [1.54, 1.807) is 0 Å². The maximum absolute atomic E-state index is 4.26. The van der Waals surface area contributed by atoms with Crippen molar-refractivity contribution in [1.82, 2.24) is 4.98 Å². The van der Waals surface area contributed by atoms with Gasteiger partial charge < -0.3 is 0 Å². The summed E-state index contributed by atoms with van der Waals surface area (Å²) in [7, 11) is 0. The van der Waals surface area contributed by atoms with Gasteiger partial charge in [0.05, 0.1) is 6.54 Å². The lowest BCUT2D eigenvalue weighted by Gasteiger charge is -2.19. The molecule has 0 aliphatic carbocycles. The number of aliphatic imine (C=N–C) groups is 2. The van der Waals surface area contributed by atoms with E-state index in [1.165, 1.54) is 41.7 Å². The van der Waals surface area contributed by atoms with Crippen LogP contribution in [0, 0.1) is 38.4 Å². The zero-order chi connectivity index (χ0) is 43.9. The molecule has 0 bridgehead atoms. The highest BCUT2D eigenvalue weighted by molar-refractivity contribution is 5.88. The van der Waals surface area contributed by atoms with E-state index in [4.69, 9.17) is 0 Å². The molecule has 3 heterocycles. The van der Waals surface area contributed by atoms with Gasteiger partial charge in [-0.2, -0.15) is 0 Å². The van der Waals surface area contributed by atoms with Crippen LogP contribution in [0.15, 0.2) is 88.8 Å². The molecule has 3 heteroatoms. The fourth-order valence-corrected chi connectivity index (χ4v) is 5.85. The molecule has 4 rings (SSSR count). The minimum atomic E-state index is 0. The van der Waals surface area contributed by atoms with E-state index in [0.29, 0.717) is 32.5 Å². The number of pyridine rings is 1. The first-order valence-corrected chi connectivity index (χ1v) is 21.6. The number of aromatic nitrogens is 1. The van der Waals surface area contributed by atoms with Crippen LogP contribution >= 0.6 is 0 Å². The molecule has 0 fully saturated rings. The summed E-state index contributed by atoms with van der Waals surface area (Å²) >= 11 is 0. The highest BCUT2D eigenvalue weighted by Gasteiger charge is 2.15. The summed E-state index contributed by atoms with van der Waals surface area (Å²) in [5.41, 5.74) is 8.18. The van der Waals surface area contributed by atoms with Gasteiger partial charge in [0.15, 0.2) is 0 Å². The van der Waals surface area contributed by atoms with Crippen LogP contribution in [0.5, 0.6) is 0 Å². The van der Waals surface area contributed by atoms with E-state index in [1.807, 2.05) is 30.9 Å². The van der Waals surface area contributed by atoms with Crippen LogP contribution in [0.4, 0.5) is 0 Å². The Kier molecular flexibility index (Phi) is 28.5. The quantitative estimate of drug-likeness (QED) is 0.297. The molecule has 2 aromatic rings. The molecule has 0 saturated heterocycles. The van der Waals surface area contributed by atoms with Crippen molar-refractivity contribution in [3.05, 3.63) is 89.9 Å². The molecule has 2 aliphatic rings. The second-order valence-corrected chi connectivity index (χ2v) is 23.5. The average Bonchev–Trinajstić information content (AvgIpc) is 3.69. The Balaban J connectivity index is -0.000000618. The molecule has 0 spiro atoms. The summed E-state index contributed by atoms with van der Waals surface area (Å²) < 4.78 is 0. The van der Waals surface area contributed by atoms with Crippen molar-refractivity contribution in [1.29, 1.82) is 0 Å². The number of benzene rings is 1. The molecule has 0 unspecified atom stereocenters. The Bertz CT molecular complexity index is 1290. The van der Waals surface area contributed by atoms with Gasteiger partial charge >= 0.3 is 0 Å². The number of nitrogens with zero attached hydrogens (tertiary/aromatic N) is 3. The Morgan fingerprint density at radius 2 is 1.05 bits per heavy atom. The fourth-order valence-electron chi connectivity index (χ4n) is 5.85. The summed E-state index contributed by atoms with van der Waals surface area (Å²) in [6.45, 7) is 48.3. The lowest BCUT2D eigenvalue weighted by atomic mass is 9.86. The van der Waals surface area contributed by atoms with Crippen LogP contribution in [0.2, 0.25) is 0 Å². The molecule has 0 N–H and O–H groups in total. The van der Waals surface area contributed by atoms with Crippen LogP contribution in [-0.4, -0.2) is 23.5 Å². The predicted octanol–water partition coefficient (Wildman–Crippen LogP) is 17.3. The third-order valence-electron chi connectivity index (χ3n) is 8.03. The SMILES string of the molecule is C.CC(C)(C)CC1=CC=NC1.CC(C)(C)CC1=NC=CC1.CC(C)(C)Cc1ccccc1.CC(C)(C)Cc1cccnc1.CC(C)CC(C)(C)C.CCC(C)(C)C. The molecular formula is C54H97N3. The van der Waals surface area contributed by atoms with Gasteiger partial charge in [0.1, 0.15) is 0 Å². The van der Waals surface area contributed by atoms with E-state index in [-0.39, 0.29) is 7.43 Å². The van der Waals surface area contributed by atoms with Crippen LogP contribution in [0.25, 0.3) is 0 Å². The molecule has 0 amide bonds. The normalized spacial score (nSPS) is 13.7. The smallest absolute Gasteiger partial charge is 0.0603 e. The van der Waals surface area contributed by atoms with Gasteiger partial charge in [-0.1, -0.05) is 202 Å². The third kappa shape index (κ3) is 45.8. The monoisotopic (exact) mass is 788 g/mol. The summed E-state index contributed by atoms with van der Waals surface area (Å²) in [6.07, 6.45) is 20.0. The molecule has 2 aliphatic heterocycles. The van der Waals surface area contributed by atoms with Crippen molar-refractivity contribution in [2.75, 3.05) is 6.54 Å². The minimum absolute atomic E-state index is 0. The maximum Gasteiger partial charge on any atom is 0.0603 e. The first kappa shape index (κ1) is 58.5. The summed E-state index contributed by atoms with van der Waals surface area (Å²) in [6, 6.07) is 14.7. The second-order valence-electron chi connectivity index (χ2n) is 23.5. The first-order valence-electron chi connectivity index (χ1n) is 21.6. The second kappa shape index (κ2) is 27.8. The van der Waals surface area contributed by atoms with Crippen molar-refractivity contribution in [2.24, 2.45) is 48.4 Å². The van der Waals surface area contributed by atoms with Crippen LogP contribution < -0.4 is 0 Å². The lowest BCUT2D eigenvalue weighted by molar-refractivity contribution is 0.320. The van der Waals surface area contributed by atoms with Gasteiger partial charge in [-0.3, -0.25) is 15.0 Å². The van der Waals surface area contributed by atoms with Crippen LogP contribution in [-0.2, 0) is 12.8 Å². The molecular weight excluding hydrogens is 691 g/mol. The Hall–Kier alpha value is -2.81. The maximum atomic E-state index is 4.26. The van der Waals surface area contributed by atoms with Crippen LogP contribution in [0.1, 0.15) is 196 Å². The van der Waals surface area contributed by atoms with Crippen molar-refractivity contribution in [2.45, 2.75) is 198 Å². The minimum Gasteiger partial charge on any atom is -0.289 e. The largest absolute Gasteiger partial charge is 0.289 e. The van der Waals surface area contributed by atoms with E-state index < -0.39 is 0 Å². The molecule has 0 saturated carbocycles. The highest BCUT2D eigenvalue weighted by Crippen LogP contribution is 2.26. The number of hydrogen-bond donors (Lipinski definition) is 0. The number of hydrogen-bond acceptors (Lipinski definition) is 3. The molecule has 1 aromatic heterocycles. The topological polar surface area (TPSA) is 37.6 Å². The molecule has 57 heavy (non-hydrogen) atoms. The number of allylic oxidation sites excluding steroid dienone is 2. The van der Waals surface area contributed by atoms with E-state index >= 15 is 0 Å². The van der Waals surface area contributed by atoms with Gasteiger partial charge in [-0.25, -0.2) is 0 Å².